The van der Waals surface area contributed by atoms with Crippen molar-refractivity contribution in [3.8, 4) is 11.5 Å². The molecule has 154 valence electrons. The SMILES string of the molecule is COc1ccc(S(=O)(=O)Nc2ccn(Cc3cccc4ccccc34)n2)cc1OC. The molecular formula is C22H21N3O4S. The van der Waals surface area contributed by atoms with Crippen LogP contribution in [0.1, 0.15) is 5.56 Å². The number of hydrogen-bond donors (Lipinski definition) is 1. The van der Waals surface area contributed by atoms with Crippen molar-refractivity contribution < 1.29 is 17.9 Å². The molecule has 1 aromatic heterocycles. The van der Waals surface area contributed by atoms with Gasteiger partial charge in [0.2, 0.25) is 0 Å². The lowest BCUT2D eigenvalue weighted by Crippen LogP contribution is -2.14. The van der Waals surface area contributed by atoms with Gasteiger partial charge in [0.15, 0.2) is 17.3 Å². The third-order valence-corrected chi connectivity index (χ3v) is 6.11. The van der Waals surface area contributed by atoms with Crippen LogP contribution in [0.2, 0.25) is 0 Å². The molecule has 4 rings (SSSR count). The number of benzene rings is 3. The predicted octanol–water partition coefficient (Wildman–Crippen LogP) is 3.90. The van der Waals surface area contributed by atoms with Crippen LogP contribution in [0.4, 0.5) is 5.82 Å². The molecule has 8 heteroatoms. The van der Waals surface area contributed by atoms with Gasteiger partial charge in [-0.2, -0.15) is 5.10 Å². The average Bonchev–Trinajstić information content (AvgIpc) is 3.19. The normalized spacial score (nSPS) is 11.4. The third-order valence-electron chi connectivity index (χ3n) is 4.76. The first-order valence-electron chi connectivity index (χ1n) is 9.25. The predicted molar refractivity (Wildman–Crippen MR) is 116 cm³/mol. The second-order valence-corrected chi connectivity index (χ2v) is 8.34. The number of fused-ring (bicyclic) bond motifs is 1. The Labute approximate surface area is 174 Å². The van der Waals surface area contributed by atoms with Gasteiger partial charge in [-0.15, -0.1) is 0 Å². The minimum atomic E-state index is -3.83. The summed E-state index contributed by atoms with van der Waals surface area (Å²) in [5, 5.41) is 6.66. The molecule has 0 radical (unpaired) electrons. The summed E-state index contributed by atoms with van der Waals surface area (Å²) in [5.41, 5.74) is 1.10. The van der Waals surface area contributed by atoms with E-state index in [1.807, 2.05) is 24.3 Å². The van der Waals surface area contributed by atoms with Crippen LogP contribution in [0.25, 0.3) is 10.8 Å². The molecule has 0 aliphatic rings. The number of sulfonamides is 1. The van der Waals surface area contributed by atoms with Crippen molar-refractivity contribution in [3.63, 3.8) is 0 Å². The molecule has 1 N–H and O–H groups in total. The average molecular weight is 423 g/mol. The van der Waals surface area contributed by atoms with E-state index in [9.17, 15) is 8.42 Å². The minimum Gasteiger partial charge on any atom is -0.493 e. The molecule has 4 aromatic rings. The maximum absolute atomic E-state index is 12.8. The zero-order chi connectivity index (χ0) is 21.1. The van der Waals surface area contributed by atoms with Crippen molar-refractivity contribution in [3.05, 3.63) is 78.5 Å². The van der Waals surface area contributed by atoms with Crippen LogP contribution in [-0.2, 0) is 16.6 Å². The fourth-order valence-electron chi connectivity index (χ4n) is 3.29. The molecule has 0 spiro atoms. The van der Waals surface area contributed by atoms with Gasteiger partial charge in [0, 0.05) is 18.3 Å². The van der Waals surface area contributed by atoms with E-state index in [-0.39, 0.29) is 10.7 Å². The van der Waals surface area contributed by atoms with Gasteiger partial charge in [-0.25, -0.2) is 8.42 Å². The summed E-state index contributed by atoms with van der Waals surface area (Å²) in [7, 11) is -0.879. The van der Waals surface area contributed by atoms with Crippen LogP contribution in [0.15, 0.2) is 77.8 Å². The van der Waals surface area contributed by atoms with Gasteiger partial charge in [-0.1, -0.05) is 42.5 Å². The number of nitrogens with zero attached hydrogens (tertiary/aromatic N) is 2. The van der Waals surface area contributed by atoms with Gasteiger partial charge in [-0.05, 0) is 28.5 Å². The van der Waals surface area contributed by atoms with E-state index in [1.54, 1.807) is 23.0 Å². The summed E-state index contributed by atoms with van der Waals surface area (Å²) in [6.45, 7) is 0.527. The van der Waals surface area contributed by atoms with Crippen LogP contribution in [0.5, 0.6) is 11.5 Å². The van der Waals surface area contributed by atoms with Gasteiger partial charge in [0.25, 0.3) is 10.0 Å². The molecule has 0 saturated heterocycles. The summed E-state index contributed by atoms with van der Waals surface area (Å²) in [4.78, 5) is 0.0590. The Morgan fingerprint density at radius 2 is 1.70 bits per heavy atom. The van der Waals surface area contributed by atoms with Crippen molar-refractivity contribution in [2.45, 2.75) is 11.4 Å². The highest BCUT2D eigenvalue weighted by atomic mass is 32.2. The van der Waals surface area contributed by atoms with Gasteiger partial charge < -0.3 is 9.47 Å². The number of nitrogens with one attached hydrogen (secondary N) is 1. The van der Waals surface area contributed by atoms with E-state index in [0.717, 1.165) is 16.3 Å². The first kappa shape index (κ1) is 19.8. The topological polar surface area (TPSA) is 82.5 Å². The monoisotopic (exact) mass is 423 g/mol. The zero-order valence-electron chi connectivity index (χ0n) is 16.6. The molecule has 30 heavy (non-hydrogen) atoms. The summed E-state index contributed by atoms with van der Waals surface area (Å²) in [6, 6.07) is 20.3. The Bertz CT molecular complexity index is 1290. The maximum atomic E-state index is 12.8. The second-order valence-electron chi connectivity index (χ2n) is 6.66. The lowest BCUT2D eigenvalue weighted by atomic mass is 10.0. The number of aromatic nitrogens is 2. The zero-order valence-corrected chi connectivity index (χ0v) is 17.4. The largest absolute Gasteiger partial charge is 0.493 e. The molecular weight excluding hydrogens is 402 g/mol. The quantitative estimate of drug-likeness (QED) is 0.487. The smallest absolute Gasteiger partial charge is 0.263 e. The second kappa shape index (κ2) is 8.08. The van der Waals surface area contributed by atoms with Crippen molar-refractivity contribution >= 4 is 26.6 Å². The molecule has 0 aliphatic heterocycles. The lowest BCUT2D eigenvalue weighted by molar-refractivity contribution is 0.354. The fourth-order valence-corrected chi connectivity index (χ4v) is 4.30. The van der Waals surface area contributed by atoms with E-state index in [2.05, 4.69) is 28.0 Å². The fraction of sp³-hybridized carbons (Fsp3) is 0.136. The molecule has 0 amide bonds. The highest BCUT2D eigenvalue weighted by molar-refractivity contribution is 7.92. The molecule has 0 fully saturated rings. The number of hydrogen-bond acceptors (Lipinski definition) is 5. The van der Waals surface area contributed by atoms with Gasteiger partial charge in [0.1, 0.15) is 0 Å². The molecule has 0 atom stereocenters. The van der Waals surface area contributed by atoms with Gasteiger partial charge >= 0.3 is 0 Å². The Kier molecular flexibility index (Phi) is 5.33. The first-order valence-corrected chi connectivity index (χ1v) is 10.7. The summed E-state index contributed by atoms with van der Waals surface area (Å²) in [5.74, 6) is 1.03. The Balaban J connectivity index is 1.55. The lowest BCUT2D eigenvalue weighted by Gasteiger charge is -2.10. The summed E-state index contributed by atoms with van der Waals surface area (Å²) >= 11 is 0. The molecule has 3 aromatic carbocycles. The van der Waals surface area contributed by atoms with Crippen LogP contribution in [-0.4, -0.2) is 32.4 Å². The summed E-state index contributed by atoms with van der Waals surface area (Å²) in [6.07, 6.45) is 1.74. The van der Waals surface area contributed by atoms with Crippen LogP contribution in [0, 0.1) is 0 Å². The number of methoxy groups -OCH3 is 2. The van der Waals surface area contributed by atoms with E-state index in [4.69, 9.17) is 9.47 Å². The molecule has 7 nitrogen and oxygen atoms in total. The van der Waals surface area contributed by atoms with Crippen LogP contribution >= 0.6 is 0 Å². The van der Waals surface area contributed by atoms with Crippen LogP contribution in [0.3, 0.4) is 0 Å². The van der Waals surface area contributed by atoms with E-state index in [1.165, 1.54) is 26.4 Å². The Morgan fingerprint density at radius 1 is 0.933 bits per heavy atom. The number of ether oxygens (including phenoxy) is 2. The molecule has 0 unspecified atom stereocenters. The Morgan fingerprint density at radius 3 is 2.50 bits per heavy atom. The first-order chi connectivity index (χ1) is 14.5. The molecule has 0 aliphatic carbocycles. The van der Waals surface area contributed by atoms with E-state index in [0.29, 0.717) is 18.0 Å². The summed E-state index contributed by atoms with van der Waals surface area (Å²) < 4.78 is 40.1. The molecule has 1 heterocycles. The molecule has 0 bridgehead atoms. The van der Waals surface area contributed by atoms with Crippen molar-refractivity contribution in [2.24, 2.45) is 0 Å². The van der Waals surface area contributed by atoms with Crippen molar-refractivity contribution in [1.82, 2.24) is 9.78 Å². The van der Waals surface area contributed by atoms with Crippen molar-refractivity contribution in [1.29, 1.82) is 0 Å². The van der Waals surface area contributed by atoms with Gasteiger partial charge in [-0.3, -0.25) is 9.40 Å². The standard InChI is InChI=1S/C22H21N3O4S/c1-28-20-11-10-18(14-21(20)29-2)30(26,27)24-22-12-13-25(23-22)15-17-8-5-7-16-6-3-4-9-19(16)17/h3-14H,15H2,1-2H3,(H,23,24). The maximum Gasteiger partial charge on any atom is 0.263 e. The number of anilines is 1. The van der Waals surface area contributed by atoms with E-state index < -0.39 is 10.0 Å². The van der Waals surface area contributed by atoms with E-state index >= 15 is 0 Å². The van der Waals surface area contributed by atoms with Gasteiger partial charge in [0.05, 0.1) is 25.7 Å². The van der Waals surface area contributed by atoms with Crippen molar-refractivity contribution in [2.75, 3.05) is 18.9 Å². The highest BCUT2D eigenvalue weighted by Crippen LogP contribution is 2.30. The minimum absolute atomic E-state index is 0.0590. The number of rotatable bonds is 7. The third kappa shape index (κ3) is 3.95. The highest BCUT2D eigenvalue weighted by Gasteiger charge is 2.18. The van der Waals surface area contributed by atoms with Crippen LogP contribution < -0.4 is 14.2 Å². The molecule has 0 saturated carbocycles. The Hall–Kier alpha value is -3.52.